The average Bonchev–Trinajstić information content (AvgIpc) is 2.68. The fourth-order valence-electron chi connectivity index (χ4n) is 2.33. The van der Waals surface area contributed by atoms with Gasteiger partial charge in [-0.15, -0.1) is 0 Å². The molecule has 1 aromatic rings. The van der Waals surface area contributed by atoms with E-state index in [0.29, 0.717) is 41.7 Å². The highest BCUT2D eigenvalue weighted by Gasteiger charge is 2.30. The number of carbonyl (C=O) groups excluding carboxylic acids is 2. The van der Waals surface area contributed by atoms with E-state index < -0.39 is 6.04 Å². The molecule has 1 amide bonds. The largest absolute Gasteiger partial charge is 0.468 e. The summed E-state index contributed by atoms with van der Waals surface area (Å²) in [6, 6.07) is 4.45. The van der Waals surface area contributed by atoms with E-state index in [4.69, 9.17) is 27.9 Å². The highest BCUT2D eigenvalue weighted by atomic mass is 35.5. The zero-order valence-corrected chi connectivity index (χ0v) is 13.1. The molecule has 0 spiro atoms. The summed E-state index contributed by atoms with van der Waals surface area (Å²) in [7, 11) is 1.34. The van der Waals surface area contributed by atoms with E-state index in [2.05, 4.69) is 5.32 Å². The Labute approximate surface area is 133 Å². The Morgan fingerprint density at radius 1 is 1.33 bits per heavy atom. The number of carbonyl (C=O) groups is 2. The molecule has 2 rings (SSSR count). The van der Waals surface area contributed by atoms with Crippen molar-refractivity contribution in [3.8, 4) is 0 Å². The molecule has 7 heteroatoms. The van der Waals surface area contributed by atoms with Crippen LogP contribution in [0.3, 0.4) is 0 Å². The van der Waals surface area contributed by atoms with Crippen LogP contribution in [0.4, 0.5) is 0 Å². The number of ether oxygens (including phenoxy) is 1. The van der Waals surface area contributed by atoms with Gasteiger partial charge in [0.1, 0.15) is 6.04 Å². The lowest BCUT2D eigenvalue weighted by atomic mass is 10.0. The number of benzene rings is 1. The Morgan fingerprint density at radius 3 is 2.76 bits per heavy atom. The lowest BCUT2D eigenvalue weighted by Gasteiger charge is -2.28. The number of hydrogen-bond acceptors (Lipinski definition) is 4. The summed E-state index contributed by atoms with van der Waals surface area (Å²) in [6.07, 6.45) is 0.342. The Balaban J connectivity index is 2.31. The van der Waals surface area contributed by atoms with Crippen molar-refractivity contribution < 1.29 is 14.3 Å². The Kier molecular flexibility index (Phi) is 5.45. The van der Waals surface area contributed by atoms with Crippen molar-refractivity contribution in [2.45, 2.75) is 12.5 Å². The van der Waals surface area contributed by atoms with Gasteiger partial charge >= 0.3 is 5.97 Å². The first-order valence-corrected chi connectivity index (χ1v) is 7.32. The summed E-state index contributed by atoms with van der Waals surface area (Å²) >= 11 is 11.9. The second-order valence-electron chi connectivity index (χ2n) is 4.74. The summed E-state index contributed by atoms with van der Waals surface area (Å²) in [5, 5.41) is 3.59. The van der Waals surface area contributed by atoms with Crippen LogP contribution in [0.2, 0.25) is 10.0 Å². The Morgan fingerprint density at radius 2 is 2.10 bits per heavy atom. The van der Waals surface area contributed by atoms with Gasteiger partial charge in [0.25, 0.3) is 0 Å². The average molecular weight is 331 g/mol. The molecule has 1 saturated heterocycles. The van der Waals surface area contributed by atoms with Gasteiger partial charge in [-0.2, -0.15) is 0 Å². The van der Waals surface area contributed by atoms with E-state index in [1.165, 1.54) is 7.11 Å². The van der Waals surface area contributed by atoms with Crippen LogP contribution in [0.5, 0.6) is 0 Å². The van der Waals surface area contributed by atoms with Crippen LogP contribution in [-0.4, -0.2) is 43.5 Å². The van der Waals surface area contributed by atoms with Gasteiger partial charge in [0, 0.05) is 26.1 Å². The molecule has 0 saturated carbocycles. The second-order valence-corrected chi connectivity index (χ2v) is 5.55. The van der Waals surface area contributed by atoms with Crippen LogP contribution in [0, 0.1) is 0 Å². The van der Waals surface area contributed by atoms with Crippen LogP contribution in [0.15, 0.2) is 18.2 Å². The van der Waals surface area contributed by atoms with E-state index in [0.717, 1.165) is 0 Å². The summed E-state index contributed by atoms with van der Waals surface area (Å²) in [6.45, 7) is 1.53. The van der Waals surface area contributed by atoms with Crippen molar-refractivity contribution in [3.63, 3.8) is 0 Å². The Bertz CT molecular complexity index is 551. The van der Waals surface area contributed by atoms with Crippen molar-refractivity contribution in [2.75, 3.05) is 26.7 Å². The molecular weight excluding hydrogens is 315 g/mol. The molecule has 0 aliphatic carbocycles. The van der Waals surface area contributed by atoms with Gasteiger partial charge in [-0.1, -0.05) is 29.3 Å². The summed E-state index contributed by atoms with van der Waals surface area (Å²) in [5.74, 6) is -0.405. The third kappa shape index (κ3) is 3.87. The van der Waals surface area contributed by atoms with Crippen molar-refractivity contribution in [1.82, 2.24) is 10.2 Å². The van der Waals surface area contributed by atoms with Crippen LogP contribution in [0.25, 0.3) is 0 Å². The summed E-state index contributed by atoms with van der Waals surface area (Å²) in [5.41, 5.74) is 0.700. The number of methoxy groups -OCH3 is 1. The van der Waals surface area contributed by atoms with Gasteiger partial charge in [-0.3, -0.25) is 9.69 Å². The number of esters is 1. The van der Waals surface area contributed by atoms with Crippen molar-refractivity contribution in [1.29, 1.82) is 0 Å². The fourth-order valence-corrected chi connectivity index (χ4v) is 2.64. The summed E-state index contributed by atoms with van der Waals surface area (Å²) < 4.78 is 4.90. The van der Waals surface area contributed by atoms with Crippen LogP contribution >= 0.6 is 23.2 Å². The molecule has 114 valence electrons. The molecular formula is C14H16Cl2N2O3. The lowest BCUT2D eigenvalue weighted by molar-refractivity contribution is -0.147. The zero-order valence-electron chi connectivity index (χ0n) is 11.6. The number of halogens is 2. The first-order chi connectivity index (χ1) is 10.0. The highest BCUT2D eigenvalue weighted by molar-refractivity contribution is 6.42. The van der Waals surface area contributed by atoms with Gasteiger partial charge in [0.2, 0.25) is 5.91 Å². The van der Waals surface area contributed by atoms with Gasteiger partial charge in [0.05, 0.1) is 17.2 Å². The monoisotopic (exact) mass is 330 g/mol. The van der Waals surface area contributed by atoms with Gasteiger partial charge in [0.15, 0.2) is 0 Å². The lowest BCUT2D eigenvalue weighted by Crippen LogP contribution is -2.37. The van der Waals surface area contributed by atoms with E-state index in [1.807, 2.05) is 4.90 Å². The minimum atomic E-state index is -0.600. The highest BCUT2D eigenvalue weighted by Crippen LogP contribution is 2.29. The molecule has 21 heavy (non-hydrogen) atoms. The molecule has 1 N–H and O–H groups in total. The molecule has 0 aromatic heterocycles. The summed E-state index contributed by atoms with van der Waals surface area (Å²) in [4.78, 5) is 25.5. The number of hydrogen-bond donors (Lipinski definition) is 1. The van der Waals surface area contributed by atoms with E-state index in [-0.39, 0.29) is 11.9 Å². The third-order valence-electron chi connectivity index (χ3n) is 3.40. The molecule has 0 bridgehead atoms. The standard InChI is InChI=1S/C14H16Cl2N2O3/c1-21-14(20)13(9-2-3-10(15)11(16)8-9)18-6-4-12(19)17-5-7-18/h2-3,8,13H,4-7H2,1H3,(H,17,19)/t13-/m1/s1. The van der Waals surface area contributed by atoms with Gasteiger partial charge < -0.3 is 10.1 Å². The number of amides is 1. The quantitative estimate of drug-likeness (QED) is 0.861. The number of nitrogens with one attached hydrogen (secondary N) is 1. The zero-order chi connectivity index (χ0) is 15.4. The van der Waals surface area contributed by atoms with Crippen molar-refractivity contribution >= 4 is 35.1 Å². The van der Waals surface area contributed by atoms with E-state index in [9.17, 15) is 9.59 Å². The van der Waals surface area contributed by atoms with Gasteiger partial charge in [-0.25, -0.2) is 4.79 Å². The van der Waals surface area contributed by atoms with Gasteiger partial charge in [-0.05, 0) is 17.7 Å². The molecule has 1 aromatic carbocycles. The number of rotatable bonds is 3. The smallest absolute Gasteiger partial charge is 0.327 e. The normalized spacial score (nSPS) is 17.8. The predicted octanol–water partition coefficient (Wildman–Crippen LogP) is 2.03. The van der Waals surface area contributed by atoms with E-state index >= 15 is 0 Å². The fraction of sp³-hybridized carbons (Fsp3) is 0.429. The maximum Gasteiger partial charge on any atom is 0.327 e. The SMILES string of the molecule is COC(=O)[C@@H](c1ccc(Cl)c(Cl)c1)N1CCNC(=O)CC1. The van der Waals surface area contributed by atoms with Crippen LogP contribution in [0.1, 0.15) is 18.0 Å². The molecule has 1 aliphatic rings. The molecule has 1 heterocycles. The van der Waals surface area contributed by atoms with E-state index in [1.54, 1.807) is 18.2 Å². The van der Waals surface area contributed by atoms with Crippen LogP contribution in [-0.2, 0) is 14.3 Å². The predicted molar refractivity (Wildman–Crippen MR) is 80.4 cm³/mol. The van der Waals surface area contributed by atoms with Crippen molar-refractivity contribution in [2.24, 2.45) is 0 Å². The minimum Gasteiger partial charge on any atom is -0.468 e. The second kappa shape index (κ2) is 7.11. The maximum atomic E-state index is 12.2. The maximum absolute atomic E-state index is 12.2. The topological polar surface area (TPSA) is 58.6 Å². The van der Waals surface area contributed by atoms with Crippen molar-refractivity contribution in [3.05, 3.63) is 33.8 Å². The molecule has 1 fully saturated rings. The molecule has 5 nitrogen and oxygen atoms in total. The van der Waals surface area contributed by atoms with Crippen LogP contribution < -0.4 is 5.32 Å². The third-order valence-corrected chi connectivity index (χ3v) is 4.14. The molecule has 0 radical (unpaired) electrons. The molecule has 1 aliphatic heterocycles. The Hall–Kier alpha value is -1.30. The minimum absolute atomic E-state index is 0.0183. The number of nitrogens with zero attached hydrogens (tertiary/aromatic N) is 1. The molecule has 0 unspecified atom stereocenters. The first-order valence-electron chi connectivity index (χ1n) is 6.56. The molecule has 1 atom stereocenters. The first kappa shape index (κ1) is 16.1.